The average molecular weight is 177 g/mol. The van der Waals surface area contributed by atoms with Gasteiger partial charge >= 0.3 is 0 Å². The maximum atomic E-state index is 9.48. The Morgan fingerprint density at radius 3 is 2.45 bits per heavy atom. The zero-order valence-electron chi connectivity index (χ0n) is 7.63. The third-order valence-corrected chi connectivity index (χ3v) is 2.38. The minimum Gasteiger partial charge on any atom is -0.391 e. The van der Waals surface area contributed by atoms with Crippen LogP contribution in [0.3, 0.4) is 0 Å². The largest absolute Gasteiger partial charge is 0.391 e. The predicted molar refractivity (Wildman–Crippen MR) is 51.9 cm³/mol. The van der Waals surface area contributed by atoms with Crippen LogP contribution in [-0.4, -0.2) is 28.8 Å². The third kappa shape index (κ3) is 5.53. The molecule has 0 aliphatic carbocycles. The van der Waals surface area contributed by atoms with Crippen LogP contribution in [0.2, 0.25) is 0 Å². The number of aliphatic hydroxyl groups excluding tert-OH is 1. The number of rotatable bonds is 5. The van der Waals surface area contributed by atoms with Crippen molar-refractivity contribution in [3.63, 3.8) is 0 Å². The summed E-state index contributed by atoms with van der Waals surface area (Å²) in [5, 5.41) is 9.48. The van der Waals surface area contributed by atoms with Crippen LogP contribution in [0.1, 0.15) is 26.7 Å². The highest BCUT2D eigenvalue weighted by Crippen LogP contribution is 2.12. The lowest BCUT2D eigenvalue weighted by Crippen LogP contribution is -2.44. The number of thioether (sulfide) groups is 1. The molecular weight excluding hydrogens is 158 g/mol. The topological polar surface area (TPSA) is 46.2 Å². The van der Waals surface area contributed by atoms with Gasteiger partial charge in [-0.25, -0.2) is 0 Å². The molecule has 0 heterocycles. The number of nitrogens with two attached hydrogens (primary N) is 1. The number of hydrogen-bond acceptors (Lipinski definition) is 3. The van der Waals surface area contributed by atoms with E-state index in [2.05, 4.69) is 6.26 Å². The van der Waals surface area contributed by atoms with Gasteiger partial charge in [-0.15, -0.1) is 0 Å². The van der Waals surface area contributed by atoms with Gasteiger partial charge in [0.15, 0.2) is 0 Å². The molecule has 0 aliphatic heterocycles. The van der Waals surface area contributed by atoms with Gasteiger partial charge < -0.3 is 10.8 Å². The lowest BCUT2D eigenvalue weighted by atomic mass is 9.95. The molecule has 0 amide bonds. The van der Waals surface area contributed by atoms with Gasteiger partial charge in [0.05, 0.1) is 6.10 Å². The second-order valence-corrected chi connectivity index (χ2v) is 4.46. The fraction of sp³-hybridized carbons (Fsp3) is 1.00. The summed E-state index contributed by atoms with van der Waals surface area (Å²) in [4.78, 5) is 0. The molecule has 3 N–H and O–H groups in total. The molecule has 3 heteroatoms. The van der Waals surface area contributed by atoms with E-state index < -0.39 is 5.54 Å². The summed E-state index contributed by atoms with van der Waals surface area (Å²) in [6, 6.07) is 0. The van der Waals surface area contributed by atoms with Gasteiger partial charge in [-0.05, 0) is 38.7 Å². The molecule has 0 aliphatic rings. The monoisotopic (exact) mass is 177 g/mol. The molecule has 68 valence electrons. The van der Waals surface area contributed by atoms with E-state index in [1.54, 1.807) is 11.8 Å². The molecule has 0 radical (unpaired) electrons. The van der Waals surface area contributed by atoms with E-state index in [0.29, 0.717) is 0 Å². The van der Waals surface area contributed by atoms with Crippen LogP contribution < -0.4 is 5.73 Å². The Morgan fingerprint density at radius 1 is 1.55 bits per heavy atom. The van der Waals surface area contributed by atoms with Crippen molar-refractivity contribution in [2.45, 2.75) is 38.3 Å². The van der Waals surface area contributed by atoms with Crippen LogP contribution in [0.4, 0.5) is 0 Å². The van der Waals surface area contributed by atoms with E-state index in [0.717, 1.165) is 18.6 Å². The summed E-state index contributed by atoms with van der Waals surface area (Å²) in [6.07, 6.45) is 3.56. The Hall–Kier alpha value is 0.270. The van der Waals surface area contributed by atoms with Crippen molar-refractivity contribution >= 4 is 11.8 Å². The zero-order valence-corrected chi connectivity index (χ0v) is 8.45. The Kier molecular flexibility index (Phi) is 5.13. The van der Waals surface area contributed by atoms with Crippen molar-refractivity contribution in [1.82, 2.24) is 0 Å². The molecule has 0 rings (SSSR count). The van der Waals surface area contributed by atoms with E-state index in [-0.39, 0.29) is 6.10 Å². The SMILES string of the molecule is CSCCCC(O)C(C)(C)N. The maximum absolute atomic E-state index is 9.48. The van der Waals surface area contributed by atoms with Crippen LogP contribution in [0.5, 0.6) is 0 Å². The van der Waals surface area contributed by atoms with E-state index in [9.17, 15) is 5.11 Å². The van der Waals surface area contributed by atoms with Gasteiger partial charge in [-0.2, -0.15) is 11.8 Å². The van der Waals surface area contributed by atoms with Gasteiger partial charge in [0.1, 0.15) is 0 Å². The Morgan fingerprint density at radius 2 is 2.09 bits per heavy atom. The van der Waals surface area contributed by atoms with Gasteiger partial charge in [-0.1, -0.05) is 0 Å². The predicted octanol–water partition coefficient (Wildman–Crippen LogP) is 1.23. The van der Waals surface area contributed by atoms with Crippen molar-refractivity contribution in [1.29, 1.82) is 0 Å². The minimum atomic E-state index is -0.446. The first kappa shape index (κ1) is 11.3. The Bertz CT molecular complexity index is 101. The molecule has 1 atom stereocenters. The lowest BCUT2D eigenvalue weighted by molar-refractivity contribution is 0.0949. The van der Waals surface area contributed by atoms with E-state index in [1.165, 1.54) is 0 Å². The molecule has 0 aromatic heterocycles. The zero-order chi connectivity index (χ0) is 8.91. The molecule has 11 heavy (non-hydrogen) atoms. The van der Waals surface area contributed by atoms with Crippen LogP contribution >= 0.6 is 11.8 Å². The van der Waals surface area contributed by atoms with Gasteiger partial charge in [0.2, 0.25) is 0 Å². The first-order valence-electron chi connectivity index (χ1n) is 3.94. The van der Waals surface area contributed by atoms with Crippen LogP contribution in [0.25, 0.3) is 0 Å². The lowest BCUT2D eigenvalue weighted by Gasteiger charge is -2.25. The average Bonchev–Trinajstić information content (AvgIpc) is 1.86. The van der Waals surface area contributed by atoms with Gasteiger partial charge in [0, 0.05) is 5.54 Å². The van der Waals surface area contributed by atoms with Crippen molar-refractivity contribution < 1.29 is 5.11 Å². The number of hydrogen-bond donors (Lipinski definition) is 2. The smallest absolute Gasteiger partial charge is 0.0714 e. The van der Waals surface area contributed by atoms with Crippen molar-refractivity contribution in [3.05, 3.63) is 0 Å². The quantitative estimate of drug-likeness (QED) is 0.621. The van der Waals surface area contributed by atoms with Crippen LogP contribution in [0.15, 0.2) is 0 Å². The highest BCUT2D eigenvalue weighted by Gasteiger charge is 2.21. The van der Waals surface area contributed by atoms with Crippen molar-refractivity contribution in [2.24, 2.45) is 5.73 Å². The van der Waals surface area contributed by atoms with Crippen molar-refractivity contribution in [3.8, 4) is 0 Å². The number of aliphatic hydroxyl groups is 1. The minimum absolute atomic E-state index is 0.366. The van der Waals surface area contributed by atoms with E-state index in [1.807, 2.05) is 13.8 Å². The first-order chi connectivity index (χ1) is 4.98. The second kappa shape index (κ2) is 5.01. The summed E-state index contributed by atoms with van der Waals surface area (Å²) < 4.78 is 0. The molecule has 0 bridgehead atoms. The Labute approximate surface area is 73.6 Å². The summed E-state index contributed by atoms with van der Waals surface area (Å²) in [5.41, 5.74) is 5.26. The highest BCUT2D eigenvalue weighted by atomic mass is 32.2. The van der Waals surface area contributed by atoms with Gasteiger partial charge in [0.25, 0.3) is 0 Å². The van der Waals surface area contributed by atoms with E-state index in [4.69, 9.17) is 5.73 Å². The molecular formula is C8H19NOS. The summed E-state index contributed by atoms with van der Waals surface area (Å²) in [7, 11) is 0. The molecule has 0 saturated heterocycles. The molecule has 0 aromatic carbocycles. The van der Waals surface area contributed by atoms with Crippen molar-refractivity contribution in [2.75, 3.05) is 12.0 Å². The van der Waals surface area contributed by atoms with Gasteiger partial charge in [-0.3, -0.25) is 0 Å². The highest BCUT2D eigenvalue weighted by molar-refractivity contribution is 7.98. The summed E-state index contributed by atoms with van der Waals surface area (Å²) >= 11 is 1.80. The van der Waals surface area contributed by atoms with Crippen LogP contribution in [-0.2, 0) is 0 Å². The standard InChI is InChI=1S/C8H19NOS/c1-8(2,9)7(10)5-4-6-11-3/h7,10H,4-6,9H2,1-3H3. The summed E-state index contributed by atoms with van der Waals surface area (Å²) in [6.45, 7) is 3.72. The second-order valence-electron chi connectivity index (χ2n) is 3.47. The molecule has 2 nitrogen and oxygen atoms in total. The molecule has 0 aromatic rings. The fourth-order valence-electron chi connectivity index (χ4n) is 0.793. The summed E-state index contributed by atoms with van der Waals surface area (Å²) in [5.74, 6) is 1.10. The molecule has 1 unspecified atom stereocenters. The third-order valence-electron chi connectivity index (χ3n) is 1.68. The molecule has 0 spiro atoms. The Balaban J connectivity index is 3.44. The first-order valence-corrected chi connectivity index (χ1v) is 5.33. The molecule has 0 saturated carbocycles. The normalized spacial score (nSPS) is 15.0. The maximum Gasteiger partial charge on any atom is 0.0714 e. The van der Waals surface area contributed by atoms with Crippen LogP contribution in [0, 0.1) is 0 Å². The molecule has 0 fully saturated rings. The van der Waals surface area contributed by atoms with E-state index >= 15 is 0 Å². The fourth-order valence-corrected chi connectivity index (χ4v) is 1.25.